The van der Waals surface area contributed by atoms with E-state index in [1.54, 1.807) is 16.5 Å². The molecular weight excluding hydrogens is 1520 g/mol. The Bertz CT molecular complexity index is 4230. The minimum atomic E-state index is -0.530. The van der Waals surface area contributed by atoms with Crippen LogP contribution in [0, 0.1) is 5.53 Å². The molecule has 0 saturated carbocycles. The van der Waals surface area contributed by atoms with E-state index in [2.05, 4.69) is 413 Å². The number of aromatic nitrogens is 2. The average Bonchev–Trinajstić information content (AvgIpc) is 1.09. The van der Waals surface area contributed by atoms with Crippen molar-refractivity contribution in [3.8, 4) is 0 Å². The average molecular weight is 1540 g/mol. The van der Waals surface area contributed by atoms with E-state index < -0.39 is 5.60 Å². The zero-order valence-corrected chi connectivity index (χ0v) is 53.3. The molecule has 1 aliphatic heterocycles. The van der Waals surface area contributed by atoms with Crippen molar-refractivity contribution in [3.63, 3.8) is 0 Å². The summed E-state index contributed by atoms with van der Waals surface area (Å²) in [7, 11) is 0. The number of rotatable bonds is 38. The number of halogens is 1. The van der Waals surface area contributed by atoms with Crippen LogP contribution in [-0.2, 0) is 4.74 Å². The van der Waals surface area contributed by atoms with Crippen LogP contribution < -0.4 is 16.1 Å². The quantitative estimate of drug-likeness (QED) is 0.0282. The highest BCUT2D eigenvalue weighted by molar-refractivity contribution is 9.11. The predicted octanol–water partition coefficient (Wildman–Crippen LogP) is 17.5. The summed E-state index contributed by atoms with van der Waals surface area (Å²) in [5.74, 6) is 4.34. The maximum atomic E-state index is 12.8. The third-order valence-electron chi connectivity index (χ3n) is 7.77. The Morgan fingerprint density at radius 3 is 0.943 bits per heavy atom. The Hall–Kier alpha value is -17.3. The summed E-state index contributed by atoms with van der Waals surface area (Å²) >= 11 is 4.65. The number of hydrogen-bond acceptors (Lipinski definition) is 9. The number of fused-ring (bicyclic) bond motifs is 1. The number of pyridine rings is 1. The van der Waals surface area contributed by atoms with E-state index in [1.807, 2.05) is 45.0 Å². The number of nitrogens with two attached hydrogens (primary N) is 1. The van der Waals surface area contributed by atoms with E-state index in [4.69, 9.17) is 10.3 Å². The van der Waals surface area contributed by atoms with Crippen LogP contribution in [0.2, 0.25) is 0 Å². The van der Waals surface area contributed by atoms with Gasteiger partial charge in [-0.25, -0.2) is 9.78 Å². The monoisotopic (exact) mass is 1540 g/mol. The number of piperazine rings is 1. The second-order valence-corrected chi connectivity index (χ2v) is 17.0. The van der Waals surface area contributed by atoms with Gasteiger partial charge >= 0.3 is 6.09 Å². The lowest BCUT2D eigenvalue weighted by Gasteiger charge is -2.37. The van der Waals surface area contributed by atoms with Gasteiger partial charge in [0.15, 0.2) is 3.92 Å². The van der Waals surface area contributed by atoms with Crippen LogP contribution in [-0.4, -0.2) is 58.6 Å². The van der Waals surface area contributed by atoms with Crippen molar-refractivity contribution in [2.45, 2.75) is 26.4 Å². The first-order chi connectivity index (χ1) is 51.6. The summed E-state index contributed by atoms with van der Waals surface area (Å²) in [4.78, 5) is 37.8. The van der Waals surface area contributed by atoms with Crippen LogP contribution >= 0.6 is 27.3 Å². The second kappa shape index (κ2) is 58.1. The van der Waals surface area contributed by atoms with E-state index >= 15 is 0 Å². The number of para-hydroxylation sites is 1. The second-order valence-electron chi connectivity index (χ2n) is 14.8. The normalized spacial score (nSPS) is 15.2. The van der Waals surface area contributed by atoms with Gasteiger partial charge in [0, 0.05) is 324 Å². The number of benzene rings is 1. The smallest absolute Gasteiger partial charge is 0.410 e. The van der Waals surface area contributed by atoms with Crippen LogP contribution in [0.4, 0.5) is 16.2 Å². The van der Waals surface area contributed by atoms with Crippen molar-refractivity contribution in [1.29, 1.82) is 5.53 Å². The number of anilines is 2. The van der Waals surface area contributed by atoms with E-state index in [9.17, 15) is 9.59 Å². The zero-order valence-electron chi connectivity index (χ0n) is 50.9. The third-order valence-corrected chi connectivity index (χ3v) is 9.13. The molecule has 81 nitrogen and oxygen atoms in total. The lowest BCUT2D eigenvalue weighted by atomic mass is 10.1. The fourth-order valence-corrected chi connectivity index (χ4v) is 5.77. The number of thiazole rings is 1. The predicted molar refractivity (Wildman–Crippen MR) is 309 cm³/mol. The fourth-order valence-electron chi connectivity index (χ4n) is 4.78. The van der Waals surface area contributed by atoms with Gasteiger partial charge < -0.3 is 25.7 Å². The lowest BCUT2D eigenvalue weighted by Crippen LogP contribution is -2.50. The Morgan fingerprint density at radius 1 is 0.429 bits per heavy atom. The van der Waals surface area contributed by atoms with Crippen LogP contribution in [0.1, 0.15) is 31.3 Å². The Labute approximate surface area is 579 Å². The minimum Gasteiger partial charge on any atom is -0.444 e. The van der Waals surface area contributed by atoms with E-state index in [-0.39, 0.29) is 12.0 Å². The molecule has 1 aliphatic rings. The molecule has 105 heavy (non-hydrogen) atoms. The van der Waals surface area contributed by atoms with Gasteiger partial charge in [-0.1, -0.05) is 23.4 Å². The molecular formula is C22H27BrN78O3S. The number of carbonyl (C=O) groups excluding carboxylic acids is 2. The van der Waals surface area contributed by atoms with Gasteiger partial charge in [0.2, 0.25) is 0 Å². The summed E-state index contributed by atoms with van der Waals surface area (Å²) < 4.78 is 6.16. The summed E-state index contributed by atoms with van der Waals surface area (Å²) in [6.07, 6.45) is 1.37. The highest BCUT2D eigenvalue weighted by atomic mass is 79.9. The van der Waals surface area contributed by atoms with Gasteiger partial charge in [-0.3, -0.25) is 9.78 Å². The molecule has 1 fully saturated rings. The van der Waals surface area contributed by atoms with Gasteiger partial charge in [0.05, 0.1) is 23.1 Å². The van der Waals surface area contributed by atoms with Crippen molar-refractivity contribution in [3.05, 3.63) is 45.5 Å². The molecule has 1 saturated heterocycles. The molecule has 4 N–H and O–H groups in total. The molecule has 0 aliphatic carbocycles. The Morgan fingerprint density at radius 2 is 0.695 bits per heavy atom. The summed E-state index contributed by atoms with van der Waals surface area (Å²) in [5, 5.41) is 217. The van der Waals surface area contributed by atoms with Crippen molar-refractivity contribution in [1.82, 2.24) is 14.9 Å². The van der Waals surface area contributed by atoms with Gasteiger partial charge in [-0.2, -0.15) is 5.53 Å². The molecule has 0 radical (unpaired) electrons. The van der Waals surface area contributed by atoms with E-state index in [0.717, 1.165) is 16.6 Å². The number of carbonyl (C=O) groups is 2. The highest BCUT2D eigenvalue weighted by Crippen LogP contribution is 2.35. The first-order valence-corrected chi connectivity index (χ1v) is 26.4. The van der Waals surface area contributed by atoms with Gasteiger partial charge in [-0.15, -0.1) is 11.3 Å². The topological polar surface area (TPSA) is 1020 Å². The molecule has 2 aromatic heterocycles. The number of ether oxygens (including phenoxy) is 1. The largest absolute Gasteiger partial charge is 0.444 e. The molecule has 0 bridgehead atoms. The summed E-state index contributed by atoms with van der Waals surface area (Å²) in [6.45, 7) is 7.85. The molecule has 0 atom stereocenters. The molecule has 83 heteroatoms. The van der Waals surface area contributed by atoms with Gasteiger partial charge in [-0.05, 0) is 121 Å². The van der Waals surface area contributed by atoms with Crippen molar-refractivity contribution in [2.75, 3.05) is 36.4 Å². The summed E-state index contributed by atoms with van der Waals surface area (Å²) in [6, 6.07) is 7.82. The standard InChI is InChI=1S/C22H24BrN5O3S.H3N73/c1-22(2,3)31-21(30)28-10-8-27(9-11-28)18-14-6-4-5-7-15(14)24-12-16(18)25-19(29)17-13-32-20(23)26-17;1-3-5-7-9-11-13-15-17-19-21-23-25-27-29-31-33-35-37-39-41-43-45-47-49-51-53-55-57-59-61-63-65-67-69-71-73-72-70-68-66-64-62-60-58-56-54-52-50-48-46-44-42-40-38-36-34-32-30-28-26-24-22-20-18-16-14-12-10-8-6-4-2/h4-7,12-13H,8-11H2,1-3H3,(H,25,29);(H3,1,2,5,6,9,10,13,14,17,18,21,22,25,26,29,30,33,34,37,38,41,42,45,46,49,50,53,54,57,58,61,62,65,66,69,70,73). The molecule has 3 heterocycles. The Balaban J connectivity index is 0.000000730. The molecule has 0 spiro atoms. The molecule has 536 valence electrons. The number of amides is 2. The number of nitrogens with one attached hydrogen (secondary N) is 2. The van der Waals surface area contributed by atoms with Crippen molar-refractivity contribution in [2.24, 2.45) is 377 Å². The van der Waals surface area contributed by atoms with Crippen LogP contribution in [0.15, 0.2) is 411 Å². The maximum absolute atomic E-state index is 12.8. The molecule has 1 aromatic carbocycles. The molecule has 3 aromatic rings. The first kappa shape index (κ1) is 81.9. The van der Waals surface area contributed by atoms with Crippen LogP contribution in [0.3, 0.4) is 0 Å². The lowest BCUT2D eigenvalue weighted by molar-refractivity contribution is 0.0240. The Kier molecular flexibility index (Phi) is 45.3. The molecule has 0 unspecified atom stereocenters. The van der Waals surface area contributed by atoms with Crippen LogP contribution in [0.5, 0.6) is 0 Å². The number of hydrogen-bond donors (Lipinski definition) is 3. The number of nitrogens with zero attached hydrogens (tertiary/aromatic N) is 75. The fraction of sp³-hybridized carbons (Fsp3) is 0.364. The van der Waals surface area contributed by atoms with Crippen molar-refractivity contribution >= 4 is 61.5 Å². The zero-order chi connectivity index (χ0) is 75.1. The molecule has 2 amide bonds. The third kappa shape index (κ3) is 45.7. The van der Waals surface area contributed by atoms with Crippen LogP contribution in [0.25, 0.3) is 10.9 Å². The highest BCUT2D eigenvalue weighted by Gasteiger charge is 2.28. The minimum absolute atomic E-state index is 0.294. The van der Waals surface area contributed by atoms with Gasteiger partial charge in [0.1, 0.15) is 11.3 Å². The molecule has 4 rings (SSSR count). The van der Waals surface area contributed by atoms with Crippen molar-refractivity contribution < 1.29 is 14.3 Å². The SMILES string of the molecule is CC(C)(C)OC(=O)N1CCN(c2c(NC(=O)c3csc(Br)n3)cnc3ccccc23)CC1.N=N/N=N/N=N/N=N/N=N/N=N/N=N/N=N/N=N/N=N/N=N/N=N/N=N/N=N/N=N/N=N/N=N/N=N/N=N/N=N/N=N/N=N/N=N/N=N/N=N/N=N/N=N/N=N/N=N/N=N/N=N/N=N/N=N/N=N/N=N/N=N/N. The maximum Gasteiger partial charge on any atom is 0.410 e. The summed E-state index contributed by atoms with van der Waals surface area (Å²) in [5.41, 5.74) is 8.42. The van der Waals surface area contributed by atoms with Gasteiger partial charge in [0.25, 0.3) is 5.91 Å². The van der Waals surface area contributed by atoms with E-state index in [0.29, 0.717) is 41.5 Å². The first-order valence-electron chi connectivity index (χ1n) is 24.7. The van der Waals surface area contributed by atoms with E-state index in [1.165, 1.54) is 11.3 Å².